The molecule has 8 heteroatoms. The average Bonchev–Trinajstić information content (AvgIpc) is 2.60. The van der Waals surface area contributed by atoms with Crippen LogP contribution >= 0.6 is 11.6 Å². The number of hydrogen-bond donors (Lipinski definition) is 0. The largest absolute Gasteiger partial charge is 0.476 e. The third-order valence-electron chi connectivity index (χ3n) is 4.12. The first-order valence-electron chi connectivity index (χ1n) is 7.97. The van der Waals surface area contributed by atoms with E-state index in [-0.39, 0.29) is 17.3 Å². The molecule has 0 aromatic heterocycles. The minimum absolute atomic E-state index is 0.124. The number of carbonyl (C=O) groups excluding carboxylic acids is 1. The van der Waals surface area contributed by atoms with Gasteiger partial charge in [0.05, 0.1) is 17.1 Å². The summed E-state index contributed by atoms with van der Waals surface area (Å²) in [5.74, 6) is -0.00811. The lowest BCUT2D eigenvalue weighted by Gasteiger charge is -2.35. The van der Waals surface area contributed by atoms with Crippen molar-refractivity contribution >= 4 is 33.2 Å². The second-order valence-electron chi connectivity index (χ2n) is 6.30. The van der Waals surface area contributed by atoms with Crippen LogP contribution in [0.5, 0.6) is 5.75 Å². The number of likely N-dealkylation sites (N-methyl/N-ethyl adjacent to an activating group) is 1. The molecule has 6 nitrogen and oxygen atoms in total. The van der Waals surface area contributed by atoms with Crippen LogP contribution in [-0.4, -0.2) is 46.0 Å². The van der Waals surface area contributed by atoms with Gasteiger partial charge in [-0.05, 0) is 37.3 Å². The van der Waals surface area contributed by atoms with Gasteiger partial charge in [0, 0.05) is 19.1 Å². The molecule has 1 aliphatic heterocycles. The zero-order valence-corrected chi connectivity index (χ0v) is 16.2. The smallest absolute Gasteiger partial charge is 0.265 e. The Labute approximate surface area is 158 Å². The number of anilines is 1. The lowest BCUT2D eigenvalue weighted by atomic mass is 10.2. The first-order chi connectivity index (χ1) is 12.2. The second-order valence-corrected chi connectivity index (χ2v) is 8.60. The highest BCUT2D eigenvalue weighted by atomic mass is 35.5. The van der Waals surface area contributed by atoms with E-state index in [9.17, 15) is 13.2 Å². The number of hydrogen-bond acceptors (Lipinski definition) is 4. The van der Waals surface area contributed by atoms with Crippen LogP contribution in [-0.2, 0) is 14.8 Å². The fourth-order valence-corrected chi connectivity index (χ4v) is 4.34. The standard InChI is InChI=1S/C18H19ClN2O4S/c1-12-4-7-14(8-5-12)26(23,24)21-11-17(18(22)20(2)3)25-16-9-6-13(19)10-15(16)21/h4-10,17H,11H2,1-3H3/t17-/m0/s1. The van der Waals surface area contributed by atoms with Crippen LogP contribution in [0.4, 0.5) is 5.69 Å². The van der Waals surface area contributed by atoms with Crippen molar-refractivity contribution in [3.05, 3.63) is 53.1 Å². The number of benzene rings is 2. The van der Waals surface area contributed by atoms with Gasteiger partial charge in [-0.25, -0.2) is 8.42 Å². The van der Waals surface area contributed by atoms with E-state index in [1.54, 1.807) is 50.5 Å². The Morgan fingerprint density at radius 3 is 2.46 bits per heavy atom. The van der Waals surface area contributed by atoms with E-state index < -0.39 is 16.1 Å². The molecule has 2 aromatic carbocycles. The predicted molar refractivity (Wildman–Crippen MR) is 100 cm³/mol. The number of amides is 1. The fourth-order valence-electron chi connectivity index (χ4n) is 2.71. The van der Waals surface area contributed by atoms with E-state index in [4.69, 9.17) is 16.3 Å². The molecule has 0 radical (unpaired) electrons. The van der Waals surface area contributed by atoms with Gasteiger partial charge in [-0.3, -0.25) is 9.10 Å². The van der Waals surface area contributed by atoms with Crippen molar-refractivity contribution in [3.63, 3.8) is 0 Å². The number of halogens is 1. The van der Waals surface area contributed by atoms with Gasteiger partial charge in [0.1, 0.15) is 5.75 Å². The Bertz CT molecular complexity index is 942. The maximum absolute atomic E-state index is 13.2. The van der Waals surface area contributed by atoms with E-state index >= 15 is 0 Å². The van der Waals surface area contributed by atoms with E-state index in [1.165, 1.54) is 15.3 Å². The summed E-state index contributed by atoms with van der Waals surface area (Å²) >= 11 is 6.06. The van der Waals surface area contributed by atoms with Crippen LogP contribution in [0.3, 0.4) is 0 Å². The highest BCUT2D eigenvalue weighted by Crippen LogP contribution is 2.39. The van der Waals surface area contributed by atoms with E-state index in [2.05, 4.69) is 0 Å². The lowest BCUT2D eigenvalue weighted by Crippen LogP contribution is -2.50. The summed E-state index contributed by atoms with van der Waals surface area (Å²) in [6.45, 7) is 1.76. The van der Waals surface area contributed by atoms with E-state index in [0.717, 1.165) is 5.56 Å². The Kier molecular flexibility index (Phi) is 4.86. The molecular formula is C18H19ClN2O4S. The van der Waals surface area contributed by atoms with E-state index in [0.29, 0.717) is 16.5 Å². The minimum Gasteiger partial charge on any atom is -0.476 e. The van der Waals surface area contributed by atoms with E-state index in [1.807, 2.05) is 6.92 Å². The summed E-state index contributed by atoms with van der Waals surface area (Å²) in [6, 6.07) is 11.3. The third-order valence-corrected chi connectivity index (χ3v) is 6.14. The summed E-state index contributed by atoms with van der Waals surface area (Å²) in [5, 5.41) is 0.383. The molecule has 0 spiro atoms. The molecule has 0 saturated heterocycles. The topological polar surface area (TPSA) is 66.9 Å². The monoisotopic (exact) mass is 394 g/mol. The molecule has 1 amide bonds. The highest BCUT2D eigenvalue weighted by molar-refractivity contribution is 7.92. The van der Waals surface area contributed by atoms with Crippen molar-refractivity contribution in [2.75, 3.05) is 24.9 Å². The summed E-state index contributed by atoms with van der Waals surface area (Å²) in [7, 11) is -0.679. The highest BCUT2D eigenvalue weighted by Gasteiger charge is 2.38. The van der Waals surface area contributed by atoms with Crippen LogP contribution in [0.25, 0.3) is 0 Å². The molecule has 0 bridgehead atoms. The molecule has 0 unspecified atom stereocenters. The molecule has 1 atom stereocenters. The second kappa shape index (κ2) is 6.81. The quantitative estimate of drug-likeness (QED) is 0.802. The first-order valence-corrected chi connectivity index (χ1v) is 9.79. The van der Waals surface area contributed by atoms with Crippen molar-refractivity contribution in [3.8, 4) is 5.75 Å². The molecule has 1 aliphatic rings. The molecule has 0 fully saturated rings. The van der Waals surface area contributed by atoms with Crippen LogP contribution in [0, 0.1) is 6.92 Å². The number of fused-ring (bicyclic) bond motifs is 1. The number of carbonyl (C=O) groups is 1. The summed E-state index contributed by atoms with van der Waals surface area (Å²) < 4.78 is 33.3. The third kappa shape index (κ3) is 3.37. The van der Waals surface area contributed by atoms with Crippen molar-refractivity contribution in [2.45, 2.75) is 17.9 Å². The van der Waals surface area contributed by atoms with Crippen LogP contribution in [0.15, 0.2) is 47.4 Å². The van der Waals surface area contributed by atoms with Gasteiger partial charge < -0.3 is 9.64 Å². The molecule has 2 aromatic rings. The van der Waals surface area contributed by atoms with Gasteiger partial charge in [0.2, 0.25) is 0 Å². The zero-order valence-electron chi connectivity index (χ0n) is 14.6. The van der Waals surface area contributed by atoms with Crippen LogP contribution < -0.4 is 9.04 Å². The van der Waals surface area contributed by atoms with Gasteiger partial charge in [0.15, 0.2) is 6.10 Å². The van der Waals surface area contributed by atoms with Gasteiger partial charge in [-0.2, -0.15) is 0 Å². The number of sulfonamides is 1. The maximum Gasteiger partial charge on any atom is 0.265 e. The van der Waals surface area contributed by atoms with Crippen molar-refractivity contribution in [2.24, 2.45) is 0 Å². The normalized spacial score (nSPS) is 16.6. The number of aryl methyl sites for hydroxylation is 1. The van der Waals surface area contributed by atoms with Crippen LogP contribution in [0.2, 0.25) is 5.02 Å². The summed E-state index contributed by atoms with van der Waals surface area (Å²) in [4.78, 5) is 13.9. The minimum atomic E-state index is -3.88. The van der Waals surface area contributed by atoms with Gasteiger partial charge in [0.25, 0.3) is 15.9 Å². The molecular weight excluding hydrogens is 376 g/mol. The molecule has 0 aliphatic carbocycles. The zero-order chi connectivity index (χ0) is 19.1. The summed E-state index contributed by atoms with van der Waals surface area (Å²) in [5.41, 5.74) is 1.27. The Morgan fingerprint density at radius 2 is 1.85 bits per heavy atom. The van der Waals surface area contributed by atoms with Crippen molar-refractivity contribution in [1.82, 2.24) is 4.90 Å². The molecule has 1 heterocycles. The lowest BCUT2D eigenvalue weighted by molar-refractivity contribution is -0.135. The molecule has 138 valence electrons. The Morgan fingerprint density at radius 1 is 1.19 bits per heavy atom. The number of ether oxygens (including phenoxy) is 1. The van der Waals surface area contributed by atoms with Crippen LogP contribution in [0.1, 0.15) is 5.56 Å². The molecule has 0 saturated carbocycles. The fraction of sp³-hybridized carbons (Fsp3) is 0.278. The first kappa shape index (κ1) is 18.5. The summed E-state index contributed by atoms with van der Waals surface area (Å²) in [6.07, 6.45) is -0.932. The van der Waals surface area contributed by atoms with Crippen molar-refractivity contribution < 1.29 is 17.9 Å². The van der Waals surface area contributed by atoms with Crippen molar-refractivity contribution in [1.29, 1.82) is 0 Å². The molecule has 0 N–H and O–H groups in total. The molecule has 3 rings (SSSR count). The van der Waals surface area contributed by atoms with Gasteiger partial charge in [-0.1, -0.05) is 29.3 Å². The number of rotatable bonds is 3. The van der Waals surface area contributed by atoms with Gasteiger partial charge in [-0.15, -0.1) is 0 Å². The Balaban J connectivity index is 2.10. The Hall–Kier alpha value is -2.25. The maximum atomic E-state index is 13.2. The number of nitrogens with zero attached hydrogens (tertiary/aromatic N) is 2. The average molecular weight is 395 g/mol. The molecule has 26 heavy (non-hydrogen) atoms. The predicted octanol–water partition coefficient (Wildman–Crippen LogP) is 2.69. The van der Waals surface area contributed by atoms with Gasteiger partial charge >= 0.3 is 0 Å². The SMILES string of the molecule is Cc1ccc(S(=O)(=O)N2C[C@@H](C(=O)N(C)C)Oc3ccc(Cl)cc32)cc1.